The quantitative estimate of drug-likeness (QED) is 0.922. The van der Waals surface area contributed by atoms with Gasteiger partial charge in [0.25, 0.3) is 5.91 Å². The monoisotopic (exact) mass is 292 g/mol. The lowest BCUT2D eigenvalue weighted by atomic mass is 9.84. The highest BCUT2D eigenvalue weighted by atomic mass is 32.1. The standard InChI is InChI=1S/C16H24N2OS/c1-4-14-17-10(3)15(20-14)16(19)18-9(2)13-8-11-5-6-12(13)7-11/h9,11-13H,4-8H2,1-3H3,(H,18,19)/t9-,11-,12-,13-/m0/s1. The molecule has 3 rings (SSSR count). The number of fused-ring (bicyclic) bond motifs is 2. The number of carbonyl (C=O) groups is 1. The predicted molar refractivity (Wildman–Crippen MR) is 82.1 cm³/mol. The van der Waals surface area contributed by atoms with Crippen LogP contribution in [0.5, 0.6) is 0 Å². The lowest BCUT2D eigenvalue weighted by Gasteiger charge is -2.28. The molecule has 1 amide bonds. The van der Waals surface area contributed by atoms with Crippen molar-refractivity contribution in [3.63, 3.8) is 0 Å². The molecule has 0 radical (unpaired) electrons. The molecule has 3 nitrogen and oxygen atoms in total. The first-order valence-corrected chi connectivity index (χ1v) is 8.67. The van der Waals surface area contributed by atoms with Gasteiger partial charge in [0, 0.05) is 6.04 Å². The normalized spacial score (nSPS) is 29.6. The van der Waals surface area contributed by atoms with E-state index in [1.165, 1.54) is 25.7 Å². The summed E-state index contributed by atoms with van der Waals surface area (Å²) in [5, 5.41) is 4.29. The van der Waals surface area contributed by atoms with Crippen LogP contribution in [0.2, 0.25) is 0 Å². The highest BCUT2D eigenvalue weighted by molar-refractivity contribution is 7.13. The summed E-state index contributed by atoms with van der Waals surface area (Å²) >= 11 is 1.54. The van der Waals surface area contributed by atoms with E-state index < -0.39 is 0 Å². The fraction of sp³-hybridized carbons (Fsp3) is 0.750. The second-order valence-electron chi connectivity index (χ2n) is 6.48. The Hall–Kier alpha value is -0.900. The van der Waals surface area contributed by atoms with Crippen molar-refractivity contribution in [2.24, 2.45) is 17.8 Å². The number of aryl methyl sites for hydroxylation is 2. The molecule has 0 unspecified atom stereocenters. The summed E-state index contributed by atoms with van der Waals surface area (Å²) in [6.07, 6.45) is 6.39. The predicted octanol–water partition coefficient (Wildman–Crippen LogP) is 3.57. The van der Waals surface area contributed by atoms with Gasteiger partial charge in [-0.1, -0.05) is 13.3 Å². The van der Waals surface area contributed by atoms with E-state index in [0.29, 0.717) is 12.0 Å². The van der Waals surface area contributed by atoms with Crippen LogP contribution in [0.3, 0.4) is 0 Å². The van der Waals surface area contributed by atoms with Gasteiger partial charge in [-0.15, -0.1) is 11.3 Å². The maximum Gasteiger partial charge on any atom is 0.263 e. The molecule has 2 fully saturated rings. The van der Waals surface area contributed by atoms with E-state index >= 15 is 0 Å². The Morgan fingerprint density at radius 2 is 2.25 bits per heavy atom. The Morgan fingerprint density at radius 3 is 2.80 bits per heavy atom. The average molecular weight is 292 g/mol. The van der Waals surface area contributed by atoms with Crippen LogP contribution in [0, 0.1) is 24.7 Å². The molecule has 2 saturated carbocycles. The van der Waals surface area contributed by atoms with E-state index in [1.54, 1.807) is 11.3 Å². The summed E-state index contributed by atoms with van der Waals surface area (Å²) in [6.45, 7) is 6.20. The summed E-state index contributed by atoms with van der Waals surface area (Å²) in [4.78, 5) is 17.7. The zero-order chi connectivity index (χ0) is 14.3. The lowest BCUT2D eigenvalue weighted by molar-refractivity contribution is 0.0918. The van der Waals surface area contributed by atoms with Gasteiger partial charge in [-0.3, -0.25) is 4.79 Å². The Morgan fingerprint density at radius 1 is 1.45 bits per heavy atom. The van der Waals surface area contributed by atoms with Crippen LogP contribution in [-0.4, -0.2) is 16.9 Å². The van der Waals surface area contributed by atoms with Crippen molar-refractivity contribution in [1.29, 1.82) is 0 Å². The van der Waals surface area contributed by atoms with Crippen molar-refractivity contribution >= 4 is 17.2 Å². The van der Waals surface area contributed by atoms with E-state index in [9.17, 15) is 4.79 Å². The van der Waals surface area contributed by atoms with E-state index in [2.05, 4.69) is 24.1 Å². The zero-order valence-electron chi connectivity index (χ0n) is 12.6. The highest BCUT2D eigenvalue weighted by Crippen LogP contribution is 2.49. The summed E-state index contributed by atoms with van der Waals surface area (Å²) < 4.78 is 0. The Balaban J connectivity index is 1.64. The molecule has 2 aliphatic rings. The highest BCUT2D eigenvalue weighted by Gasteiger charge is 2.42. The molecule has 110 valence electrons. The van der Waals surface area contributed by atoms with Crippen molar-refractivity contribution in [3.05, 3.63) is 15.6 Å². The van der Waals surface area contributed by atoms with Crippen LogP contribution in [0.1, 0.15) is 59.9 Å². The fourth-order valence-corrected chi connectivity index (χ4v) is 5.01. The van der Waals surface area contributed by atoms with Gasteiger partial charge in [-0.05, 0) is 57.3 Å². The first-order chi connectivity index (χ1) is 9.58. The fourth-order valence-electron chi connectivity index (χ4n) is 4.10. The maximum atomic E-state index is 12.4. The molecule has 20 heavy (non-hydrogen) atoms. The summed E-state index contributed by atoms with van der Waals surface area (Å²) in [5.74, 6) is 2.55. The number of nitrogens with one attached hydrogen (secondary N) is 1. The molecule has 2 bridgehead atoms. The molecule has 1 heterocycles. The van der Waals surface area contributed by atoms with Crippen LogP contribution in [0.4, 0.5) is 0 Å². The number of hydrogen-bond donors (Lipinski definition) is 1. The van der Waals surface area contributed by atoms with Gasteiger partial charge in [0.1, 0.15) is 4.88 Å². The van der Waals surface area contributed by atoms with E-state index in [0.717, 1.165) is 33.8 Å². The van der Waals surface area contributed by atoms with Crippen LogP contribution in [-0.2, 0) is 6.42 Å². The van der Waals surface area contributed by atoms with Crippen molar-refractivity contribution in [3.8, 4) is 0 Å². The van der Waals surface area contributed by atoms with Gasteiger partial charge < -0.3 is 5.32 Å². The Kier molecular flexibility index (Phi) is 3.85. The van der Waals surface area contributed by atoms with Crippen molar-refractivity contribution in [1.82, 2.24) is 10.3 Å². The number of amides is 1. The molecular weight excluding hydrogens is 268 g/mol. The molecule has 1 aromatic rings. The number of hydrogen-bond acceptors (Lipinski definition) is 3. The Bertz CT molecular complexity index is 511. The molecule has 0 aromatic carbocycles. The van der Waals surface area contributed by atoms with Gasteiger partial charge in [-0.25, -0.2) is 4.98 Å². The lowest BCUT2D eigenvalue weighted by Crippen LogP contribution is -2.40. The third-order valence-electron chi connectivity index (χ3n) is 5.14. The summed E-state index contributed by atoms with van der Waals surface area (Å²) in [7, 11) is 0. The molecule has 0 aliphatic heterocycles. The van der Waals surface area contributed by atoms with Crippen LogP contribution in [0.25, 0.3) is 0 Å². The number of rotatable bonds is 4. The maximum absolute atomic E-state index is 12.4. The molecular formula is C16H24N2OS. The molecule has 0 spiro atoms. The topological polar surface area (TPSA) is 42.0 Å². The smallest absolute Gasteiger partial charge is 0.263 e. The minimum absolute atomic E-state index is 0.0787. The van der Waals surface area contributed by atoms with Gasteiger partial charge in [0.05, 0.1) is 10.7 Å². The molecule has 4 heteroatoms. The third kappa shape index (κ3) is 2.50. The second-order valence-corrected chi connectivity index (χ2v) is 7.56. The second kappa shape index (κ2) is 5.47. The number of aromatic nitrogens is 1. The van der Waals surface area contributed by atoms with Crippen molar-refractivity contribution < 1.29 is 4.79 Å². The van der Waals surface area contributed by atoms with E-state index in [-0.39, 0.29) is 5.91 Å². The van der Waals surface area contributed by atoms with Crippen molar-refractivity contribution in [2.75, 3.05) is 0 Å². The van der Waals surface area contributed by atoms with Gasteiger partial charge >= 0.3 is 0 Å². The van der Waals surface area contributed by atoms with Crippen LogP contribution < -0.4 is 5.32 Å². The number of thiazole rings is 1. The Labute approximate surface area is 125 Å². The van der Waals surface area contributed by atoms with Crippen LogP contribution in [0.15, 0.2) is 0 Å². The molecule has 4 atom stereocenters. The first kappa shape index (κ1) is 14.1. The first-order valence-electron chi connectivity index (χ1n) is 7.85. The zero-order valence-corrected chi connectivity index (χ0v) is 13.4. The largest absolute Gasteiger partial charge is 0.349 e. The molecule has 0 saturated heterocycles. The molecule has 1 N–H and O–H groups in total. The van der Waals surface area contributed by atoms with Gasteiger partial charge in [-0.2, -0.15) is 0 Å². The summed E-state index contributed by atoms with van der Waals surface area (Å²) in [5.41, 5.74) is 0.879. The molecule has 2 aliphatic carbocycles. The third-order valence-corrected chi connectivity index (χ3v) is 6.44. The number of carbonyl (C=O) groups excluding carboxylic acids is 1. The van der Waals surface area contributed by atoms with Gasteiger partial charge in [0.15, 0.2) is 0 Å². The van der Waals surface area contributed by atoms with Crippen LogP contribution >= 0.6 is 11.3 Å². The van der Waals surface area contributed by atoms with E-state index in [1.807, 2.05) is 6.92 Å². The van der Waals surface area contributed by atoms with Gasteiger partial charge in [0.2, 0.25) is 0 Å². The SMILES string of the molecule is CCc1nc(C)c(C(=O)N[C@@H](C)[C@@H]2C[C@H]3CC[C@H]2C3)s1. The average Bonchev–Trinajstić information content (AvgIpc) is 3.12. The van der Waals surface area contributed by atoms with E-state index in [4.69, 9.17) is 0 Å². The minimum atomic E-state index is 0.0787. The minimum Gasteiger partial charge on any atom is -0.349 e. The molecule has 1 aromatic heterocycles. The number of nitrogens with zero attached hydrogens (tertiary/aromatic N) is 1. The van der Waals surface area contributed by atoms with Crippen molar-refractivity contribution in [2.45, 2.75) is 58.9 Å². The summed E-state index contributed by atoms with van der Waals surface area (Å²) in [6, 6.07) is 0.296.